The second kappa shape index (κ2) is 11.5. The Bertz CT molecular complexity index is 712. The van der Waals surface area contributed by atoms with Gasteiger partial charge in [-0.15, -0.1) is 0 Å². The van der Waals surface area contributed by atoms with E-state index in [9.17, 15) is 10.2 Å². The Balaban J connectivity index is 1.39. The Morgan fingerprint density at radius 3 is 2.22 bits per heavy atom. The zero-order valence-electron chi connectivity index (χ0n) is 24.7. The summed E-state index contributed by atoms with van der Waals surface area (Å²) in [6.07, 6.45) is 12.0. The van der Waals surface area contributed by atoms with Crippen molar-refractivity contribution in [3.63, 3.8) is 0 Å². The Hall–Kier alpha value is -0.160. The first kappa shape index (κ1) is 28.8. The first-order valence-electron chi connectivity index (χ1n) is 15.8. The van der Waals surface area contributed by atoms with Gasteiger partial charge in [-0.05, 0) is 116 Å². The van der Waals surface area contributed by atoms with Crippen LogP contribution in [0.25, 0.3) is 0 Å². The van der Waals surface area contributed by atoms with Crippen molar-refractivity contribution in [3.8, 4) is 0 Å². The highest BCUT2D eigenvalue weighted by Gasteiger charge is 2.62. The molecule has 0 bridgehead atoms. The average molecular weight is 505 g/mol. The summed E-state index contributed by atoms with van der Waals surface area (Å²) in [5.74, 6) is 4.32. The van der Waals surface area contributed by atoms with Crippen molar-refractivity contribution < 1.29 is 10.2 Å². The topological polar surface area (TPSA) is 64.5 Å². The summed E-state index contributed by atoms with van der Waals surface area (Å²) in [5, 5.41) is 29.5. The Kier molecular flexibility index (Phi) is 9.23. The molecule has 4 rings (SSSR count). The third kappa shape index (κ3) is 5.58. The highest BCUT2D eigenvalue weighted by Crippen LogP contribution is 2.68. The molecule has 4 nitrogen and oxygen atoms in total. The lowest BCUT2D eigenvalue weighted by Crippen LogP contribution is -2.59. The van der Waals surface area contributed by atoms with Gasteiger partial charge in [-0.25, -0.2) is 0 Å². The Morgan fingerprint density at radius 2 is 1.53 bits per heavy atom. The molecule has 4 fully saturated rings. The van der Waals surface area contributed by atoms with Crippen LogP contribution in [0.1, 0.15) is 113 Å². The van der Waals surface area contributed by atoms with E-state index in [0.717, 1.165) is 38.3 Å². The van der Waals surface area contributed by atoms with Crippen LogP contribution in [0.2, 0.25) is 0 Å². The molecule has 11 atom stereocenters. The number of hydrogen-bond acceptors (Lipinski definition) is 4. The molecule has 0 amide bonds. The van der Waals surface area contributed by atoms with Gasteiger partial charge in [0.1, 0.15) is 0 Å². The van der Waals surface area contributed by atoms with Crippen LogP contribution in [-0.4, -0.2) is 47.6 Å². The molecular weight excluding hydrogens is 444 g/mol. The lowest BCUT2D eigenvalue weighted by molar-refractivity contribution is -0.167. The number of rotatable bonds is 10. The number of aliphatic hydroxyl groups excluding tert-OH is 2. The van der Waals surface area contributed by atoms with Gasteiger partial charge in [0.25, 0.3) is 0 Å². The lowest BCUT2D eigenvalue weighted by atomic mass is 9.43. The summed E-state index contributed by atoms with van der Waals surface area (Å²) in [5.41, 5.74) is 0.778. The van der Waals surface area contributed by atoms with E-state index in [4.69, 9.17) is 0 Å². The van der Waals surface area contributed by atoms with Crippen molar-refractivity contribution in [2.24, 2.45) is 52.3 Å². The van der Waals surface area contributed by atoms with Crippen LogP contribution in [0.5, 0.6) is 0 Å². The summed E-state index contributed by atoms with van der Waals surface area (Å²) in [7, 11) is 0. The van der Waals surface area contributed by atoms with Crippen molar-refractivity contribution >= 4 is 0 Å². The molecular formula is C32H60N2O2. The Labute approximate surface area is 223 Å². The molecule has 0 aromatic carbocycles. The van der Waals surface area contributed by atoms with Crippen LogP contribution in [0.15, 0.2) is 0 Å². The number of fused-ring (bicyclic) bond motifs is 5. The fourth-order valence-electron chi connectivity index (χ4n) is 9.99. The van der Waals surface area contributed by atoms with E-state index in [-0.39, 0.29) is 12.2 Å². The second-order valence-electron chi connectivity index (χ2n) is 14.9. The molecule has 210 valence electrons. The molecule has 0 aliphatic heterocycles. The van der Waals surface area contributed by atoms with Gasteiger partial charge in [-0.1, -0.05) is 48.5 Å². The molecule has 5 unspecified atom stereocenters. The smallest absolute Gasteiger partial charge is 0.0577 e. The lowest BCUT2D eigenvalue weighted by Gasteiger charge is -2.62. The largest absolute Gasteiger partial charge is 0.393 e. The number of aliphatic hydroxyl groups is 2. The maximum atomic E-state index is 11.7. The van der Waals surface area contributed by atoms with Crippen LogP contribution in [0, 0.1) is 52.3 Å². The molecule has 0 saturated heterocycles. The van der Waals surface area contributed by atoms with Crippen LogP contribution < -0.4 is 10.6 Å². The third-order valence-electron chi connectivity index (χ3n) is 12.2. The molecule has 4 heteroatoms. The zero-order chi connectivity index (χ0) is 26.3. The van der Waals surface area contributed by atoms with E-state index in [1.165, 1.54) is 44.9 Å². The highest BCUT2D eigenvalue weighted by molar-refractivity contribution is 5.12. The van der Waals surface area contributed by atoms with Crippen molar-refractivity contribution in [2.45, 2.75) is 137 Å². The minimum atomic E-state index is -0.165. The monoisotopic (exact) mass is 504 g/mol. The molecule has 0 radical (unpaired) electrons. The second-order valence-corrected chi connectivity index (χ2v) is 14.9. The van der Waals surface area contributed by atoms with E-state index in [0.29, 0.717) is 58.4 Å². The number of nitrogens with one attached hydrogen (secondary N) is 2. The minimum absolute atomic E-state index is 0.115. The normalized spacial score (nSPS) is 44.2. The van der Waals surface area contributed by atoms with E-state index in [2.05, 4.69) is 59.1 Å². The average Bonchev–Trinajstić information content (AvgIpc) is 3.17. The maximum Gasteiger partial charge on any atom is 0.0577 e. The fourth-order valence-corrected chi connectivity index (χ4v) is 9.99. The van der Waals surface area contributed by atoms with Gasteiger partial charge in [-0.2, -0.15) is 0 Å². The van der Waals surface area contributed by atoms with Gasteiger partial charge in [0.15, 0.2) is 0 Å². The molecule has 0 aromatic heterocycles. The SMILES string of the molecule is CC(C)NCCNC1CC[C@]2(C)C3CC[C@@]4(C)C(CC[C@@H]4[C@H](C)CC[C@@H](O)C(C)C)C3C(O)C[C@H]2C1. The summed E-state index contributed by atoms with van der Waals surface area (Å²) in [4.78, 5) is 0. The van der Waals surface area contributed by atoms with E-state index >= 15 is 0 Å². The van der Waals surface area contributed by atoms with Crippen LogP contribution in [0.4, 0.5) is 0 Å². The summed E-state index contributed by atoms with van der Waals surface area (Å²) >= 11 is 0. The van der Waals surface area contributed by atoms with E-state index < -0.39 is 0 Å². The molecule has 4 N–H and O–H groups in total. The number of hydrogen-bond donors (Lipinski definition) is 4. The fraction of sp³-hybridized carbons (Fsp3) is 1.00. The van der Waals surface area contributed by atoms with Crippen LogP contribution in [-0.2, 0) is 0 Å². The van der Waals surface area contributed by atoms with E-state index in [1.807, 2.05) is 0 Å². The van der Waals surface area contributed by atoms with Crippen LogP contribution in [0.3, 0.4) is 0 Å². The summed E-state index contributed by atoms with van der Waals surface area (Å²) in [6.45, 7) is 18.4. The van der Waals surface area contributed by atoms with Gasteiger partial charge in [-0.3, -0.25) is 0 Å². The molecule has 4 aliphatic carbocycles. The van der Waals surface area contributed by atoms with Gasteiger partial charge in [0.2, 0.25) is 0 Å². The molecule has 0 heterocycles. The van der Waals surface area contributed by atoms with Crippen molar-refractivity contribution in [2.75, 3.05) is 13.1 Å². The minimum Gasteiger partial charge on any atom is -0.393 e. The molecule has 0 spiro atoms. The predicted molar refractivity (Wildman–Crippen MR) is 151 cm³/mol. The van der Waals surface area contributed by atoms with Gasteiger partial charge in [0.05, 0.1) is 12.2 Å². The highest BCUT2D eigenvalue weighted by atomic mass is 16.3. The van der Waals surface area contributed by atoms with Gasteiger partial charge < -0.3 is 20.8 Å². The zero-order valence-corrected chi connectivity index (χ0v) is 24.7. The molecule has 4 aliphatic rings. The summed E-state index contributed by atoms with van der Waals surface area (Å²) in [6, 6.07) is 1.17. The predicted octanol–water partition coefficient (Wildman–Crippen LogP) is 6.01. The quantitative estimate of drug-likeness (QED) is 0.275. The van der Waals surface area contributed by atoms with Gasteiger partial charge >= 0.3 is 0 Å². The van der Waals surface area contributed by atoms with Gasteiger partial charge in [0, 0.05) is 25.2 Å². The first-order chi connectivity index (χ1) is 17.0. The standard InChI is InChI=1S/C32H60N2O2/c1-20(2)28(35)11-8-22(5)25-9-10-26-30-27(13-15-32(25,26)7)31(6)14-12-24(18-23(31)19-29(30)36)34-17-16-33-21(3)4/h20-30,33-36H,8-19H2,1-7H3/t22-,23-,24?,25-,26?,27?,28-,29?,30?,31+,32-/m1/s1. The van der Waals surface area contributed by atoms with Crippen molar-refractivity contribution in [3.05, 3.63) is 0 Å². The third-order valence-corrected chi connectivity index (χ3v) is 12.2. The Morgan fingerprint density at radius 1 is 0.833 bits per heavy atom. The molecule has 4 saturated carbocycles. The maximum absolute atomic E-state index is 11.7. The van der Waals surface area contributed by atoms with Crippen molar-refractivity contribution in [1.29, 1.82) is 0 Å². The summed E-state index contributed by atoms with van der Waals surface area (Å²) < 4.78 is 0. The first-order valence-corrected chi connectivity index (χ1v) is 15.8. The van der Waals surface area contributed by atoms with Crippen LogP contribution >= 0.6 is 0 Å². The van der Waals surface area contributed by atoms with Crippen molar-refractivity contribution in [1.82, 2.24) is 10.6 Å². The molecule has 36 heavy (non-hydrogen) atoms. The molecule has 0 aromatic rings. The van der Waals surface area contributed by atoms with E-state index in [1.54, 1.807) is 0 Å².